The van der Waals surface area contributed by atoms with Crippen molar-refractivity contribution in [2.45, 2.75) is 32.8 Å². The van der Waals surface area contributed by atoms with Crippen LogP contribution in [-0.2, 0) is 4.74 Å². The number of carbonyl (C=O) groups is 1. The summed E-state index contributed by atoms with van der Waals surface area (Å²) in [5.74, 6) is -0.409. The van der Waals surface area contributed by atoms with E-state index in [0.29, 0.717) is 16.3 Å². The Balaban J connectivity index is 2.83. The van der Waals surface area contributed by atoms with Crippen molar-refractivity contribution >= 4 is 23.3 Å². The van der Waals surface area contributed by atoms with E-state index in [-0.39, 0.29) is 6.10 Å². The molecule has 1 rings (SSSR count). The summed E-state index contributed by atoms with van der Waals surface area (Å²) in [7, 11) is 0. The Hall–Kier alpha value is -1.22. The van der Waals surface area contributed by atoms with Gasteiger partial charge in [0.2, 0.25) is 0 Å². The van der Waals surface area contributed by atoms with Gasteiger partial charge in [-0.25, -0.2) is 4.79 Å². The predicted molar refractivity (Wildman–Crippen MR) is 65.6 cm³/mol. The van der Waals surface area contributed by atoms with Crippen LogP contribution in [-0.4, -0.2) is 12.1 Å². The lowest BCUT2D eigenvalue weighted by atomic mass is 10.1. The van der Waals surface area contributed by atoms with Crippen LogP contribution in [0.1, 0.15) is 37.0 Å². The average molecular weight is 242 g/mol. The SMILES string of the molecule is CCC(CC)OC(=O)c1cc(Cl)ccc1N. The van der Waals surface area contributed by atoms with E-state index < -0.39 is 5.97 Å². The Morgan fingerprint density at radius 3 is 2.62 bits per heavy atom. The normalized spacial score (nSPS) is 10.5. The molecular formula is C12H16ClNO2. The van der Waals surface area contributed by atoms with Gasteiger partial charge in [-0.15, -0.1) is 0 Å². The molecule has 0 radical (unpaired) electrons. The van der Waals surface area contributed by atoms with Crippen molar-refractivity contribution in [2.24, 2.45) is 0 Å². The highest BCUT2D eigenvalue weighted by Crippen LogP contribution is 2.20. The Morgan fingerprint density at radius 2 is 2.06 bits per heavy atom. The maximum atomic E-state index is 11.8. The molecule has 0 heterocycles. The van der Waals surface area contributed by atoms with Gasteiger partial charge in [-0.1, -0.05) is 25.4 Å². The molecule has 16 heavy (non-hydrogen) atoms. The summed E-state index contributed by atoms with van der Waals surface area (Å²) < 4.78 is 5.29. The van der Waals surface area contributed by atoms with Gasteiger partial charge in [-0.3, -0.25) is 0 Å². The molecule has 1 aromatic carbocycles. The molecule has 0 aliphatic heterocycles. The van der Waals surface area contributed by atoms with Crippen LogP contribution in [0.4, 0.5) is 5.69 Å². The molecule has 4 heteroatoms. The van der Waals surface area contributed by atoms with Crippen molar-refractivity contribution in [2.75, 3.05) is 5.73 Å². The second-order valence-corrected chi connectivity index (χ2v) is 4.01. The Kier molecular flexibility index (Phi) is 4.62. The Morgan fingerprint density at radius 1 is 1.44 bits per heavy atom. The smallest absolute Gasteiger partial charge is 0.340 e. The molecular weight excluding hydrogens is 226 g/mol. The third kappa shape index (κ3) is 3.14. The minimum Gasteiger partial charge on any atom is -0.459 e. The summed E-state index contributed by atoms with van der Waals surface area (Å²) in [6.45, 7) is 3.95. The van der Waals surface area contributed by atoms with Gasteiger partial charge in [0.05, 0.1) is 5.56 Å². The van der Waals surface area contributed by atoms with E-state index in [1.807, 2.05) is 13.8 Å². The van der Waals surface area contributed by atoms with E-state index in [2.05, 4.69) is 0 Å². The summed E-state index contributed by atoms with van der Waals surface area (Å²) in [6.07, 6.45) is 1.52. The molecule has 0 aliphatic carbocycles. The standard InChI is InChI=1S/C12H16ClNO2/c1-3-9(4-2)16-12(15)10-7-8(13)5-6-11(10)14/h5-7,9H,3-4,14H2,1-2H3. The van der Waals surface area contributed by atoms with Crippen molar-refractivity contribution in [1.29, 1.82) is 0 Å². The molecule has 0 unspecified atom stereocenters. The van der Waals surface area contributed by atoms with Gasteiger partial charge in [0.15, 0.2) is 0 Å². The summed E-state index contributed by atoms with van der Waals surface area (Å²) in [4.78, 5) is 11.8. The van der Waals surface area contributed by atoms with Crippen LogP contribution in [0.2, 0.25) is 5.02 Å². The van der Waals surface area contributed by atoms with E-state index in [4.69, 9.17) is 22.1 Å². The molecule has 2 N–H and O–H groups in total. The van der Waals surface area contributed by atoms with Crippen LogP contribution in [0.5, 0.6) is 0 Å². The number of hydrogen-bond donors (Lipinski definition) is 1. The topological polar surface area (TPSA) is 52.3 Å². The van der Waals surface area contributed by atoms with Gasteiger partial charge < -0.3 is 10.5 Å². The second kappa shape index (κ2) is 5.75. The van der Waals surface area contributed by atoms with Crippen LogP contribution < -0.4 is 5.73 Å². The number of hydrogen-bond acceptors (Lipinski definition) is 3. The highest BCUT2D eigenvalue weighted by molar-refractivity contribution is 6.31. The first kappa shape index (κ1) is 12.8. The molecule has 0 aliphatic rings. The fourth-order valence-corrected chi connectivity index (χ4v) is 1.55. The van der Waals surface area contributed by atoms with E-state index in [1.54, 1.807) is 12.1 Å². The van der Waals surface area contributed by atoms with E-state index >= 15 is 0 Å². The van der Waals surface area contributed by atoms with Crippen molar-refractivity contribution < 1.29 is 9.53 Å². The van der Waals surface area contributed by atoms with Crippen molar-refractivity contribution in [3.63, 3.8) is 0 Å². The number of carbonyl (C=O) groups excluding carboxylic acids is 1. The van der Waals surface area contributed by atoms with Gasteiger partial charge in [0.25, 0.3) is 0 Å². The lowest BCUT2D eigenvalue weighted by Crippen LogP contribution is -2.17. The maximum Gasteiger partial charge on any atom is 0.340 e. The van der Waals surface area contributed by atoms with Gasteiger partial charge in [-0.2, -0.15) is 0 Å². The minimum atomic E-state index is -0.409. The molecule has 88 valence electrons. The van der Waals surface area contributed by atoms with E-state index in [9.17, 15) is 4.79 Å². The summed E-state index contributed by atoms with van der Waals surface area (Å²) in [6, 6.07) is 4.78. The number of nitrogen functional groups attached to an aromatic ring is 1. The fraction of sp³-hybridized carbons (Fsp3) is 0.417. The van der Waals surface area contributed by atoms with Gasteiger partial charge in [-0.05, 0) is 31.0 Å². The van der Waals surface area contributed by atoms with Gasteiger partial charge in [0.1, 0.15) is 6.10 Å². The molecule has 0 spiro atoms. The maximum absolute atomic E-state index is 11.8. The van der Waals surface area contributed by atoms with Crippen LogP contribution in [0.15, 0.2) is 18.2 Å². The van der Waals surface area contributed by atoms with Crippen LogP contribution in [0.3, 0.4) is 0 Å². The number of esters is 1. The number of rotatable bonds is 4. The van der Waals surface area contributed by atoms with Crippen LogP contribution in [0.25, 0.3) is 0 Å². The number of halogens is 1. The highest BCUT2D eigenvalue weighted by atomic mass is 35.5. The highest BCUT2D eigenvalue weighted by Gasteiger charge is 2.15. The molecule has 0 bridgehead atoms. The molecule has 0 amide bonds. The molecule has 1 aromatic rings. The summed E-state index contributed by atoms with van der Waals surface area (Å²) >= 11 is 5.80. The summed E-state index contributed by atoms with van der Waals surface area (Å²) in [5.41, 5.74) is 6.41. The van der Waals surface area contributed by atoms with E-state index in [0.717, 1.165) is 12.8 Å². The fourth-order valence-electron chi connectivity index (χ4n) is 1.38. The molecule has 0 saturated heterocycles. The van der Waals surface area contributed by atoms with Crippen molar-refractivity contribution in [3.05, 3.63) is 28.8 Å². The average Bonchev–Trinajstić information content (AvgIpc) is 2.28. The molecule has 0 aromatic heterocycles. The van der Waals surface area contributed by atoms with Crippen molar-refractivity contribution in [3.8, 4) is 0 Å². The zero-order valence-electron chi connectivity index (χ0n) is 9.50. The molecule has 0 atom stereocenters. The second-order valence-electron chi connectivity index (χ2n) is 3.58. The Bertz CT molecular complexity index is 375. The zero-order chi connectivity index (χ0) is 12.1. The zero-order valence-corrected chi connectivity index (χ0v) is 10.3. The van der Waals surface area contributed by atoms with Crippen LogP contribution >= 0.6 is 11.6 Å². The van der Waals surface area contributed by atoms with Gasteiger partial charge in [0, 0.05) is 10.7 Å². The quantitative estimate of drug-likeness (QED) is 0.650. The van der Waals surface area contributed by atoms with Crippen molar-refractivity contribution in [1.82, 2.24) is 0 Å². The van der Waals surface area contributed by atoms with Gasteiger partial charge >= 0.3 is 5.97 Å². The number of ether oxygens (including phenoxy) is 1. The largest absolute Gasteiger partial charge is 0.459 e. The lowest BCUT2D eigenvalue weighted by Gasteiger charge is -2.14. The predicted octanol–water partition coefficient (Wildman–Crippen LogP) is 3.27. The molecule has 0 saturated carbocycles. The molecule has 0 fully saturated rings. The first-order valence-electron chi connectivity index (χ1n) is 5.34. The lowest BCUT2D eigenvalue weighted by molar-refractivity contribution is 0.0285. The minimum absolute atomic E-state index is 0.0640. The third-order valence-corrected chi connectivity index (χ3v) is 2.65. The monoisotopic (exact) mass is 241 g/mol. The number of nitrogens with two attached hydrogens (primary N) is 1. The van der Waals surface area contributed by atoms with Crippen LogP contribution in [0, 0.1) is 0 Å². The number of benzene rings is 1. The first-order chi connectivity index (χ1) is 7.58. The summed E-state index contributed by atoms with van der Waals surface area (Å²) in [5, 5.41) is 0.477. The Labute approximate surface area is 101 Å². The molecule has 3 nitrogen and oxygen atoms in total. The number of anilines is 1. The van der Waals surface area contributed by atoms with E-state index in [1.165, 1.54) is 6.07 Å². The first-order valence-corrected chi connectivity index (χ1v) is 5.72. The third-order valence-electron chi connectivity index (χ3n) is 2.42.